The van der Waals surface area contributed by atoms with Crippen LogP contribution in [0.25, 0.3) is 0 Å². The van der Waals surface area contributed by atoms with Crippen LogP contribution in [0.4, 0.5) is 0 Å². The molecular formula is C16H16Cl2N2O2. The molecule has 1 fully saturated rings. The molecule has 0 unspecified atom stereocenters. The Labute approximate surface area is 138 Å². The van der Waals surface area contributed by atoms with E-state index in [4.69, 9.17) is 23.2 Å². The van der Waals surface area contributed by atoms with Gasteiger partial charge in [-0.2, -0.15) is 0 Å². The fourth-order valence-electron chi connectivity index (χ4n) is 2.81. The highest BCUT2D eigenvalue weighted by Gasteiger charge is 2.30. The number of halogens is 2. The predicted molar refractivity (Wildman–Crippen MR) is 87.7 cm³/mol. The van der Waals surface area contributed by atoms with Crippen LogP contribution in [0.1, 0.15) is 23.2 Å². The molecule has 1 aliphatic rings. The molecule has 1 saturated heterocycles. The first-order valence-corrected chi connectivity index (χ1v) is 7.75. The summed E-state index contributed by atoms with van der Waals surface area (Å²) in [5, 5.41) is 26.9. The van der Waals surface area contributed by atoms with E-state index in [-0.39, 0.29) is 23.6 Å². The Kier molecular flexibility index (Phi) is 4.45. The summed E-state index contributed by atoms with van der Waals surface area (Å²) in [4.78, 5) is 0. The third kappa shape index (κ3) is 3.01. The quantitative estimate of drug-likeness (QED) is 0.677. The molecule has 0 saturated carbocycles. The van der Waals surface area contributed by atoms with E-state index in [1.807, 2.05) is 12.1 Å². The van der Waals surface area contributed by atoms with Crippen LogP contribution >= 0.6 is 23.2 Å². The first kappa shape index (κ1) is 15.4. The van der Waals surface area contributed by atoms with Crippen molar-refractivity contribution >= 4 is 23.2 Å². The maximum Gasteiger partial charge on any atom is 0.117 e. The van der Waals surface area contributed by atoms with E-state index in [0.717, 1.165) is 24.2 Å². The Bertz CT molecular complexity index is 634. The maximum absolute atomic E-state index is 9.52. The normalized spacial score (nSPS) is 21.7. The van der Waals surface area contributed by atoms with Gasteiger partial charge in [-0.3, -0.25) is 0 Å². The molecular weight excluding hydrogens is 323 g/mol. The highest BCUT2D eigenvalue weighted by Crippen LogP contribution is 2.38. The van der Waals surface area contributed by atoms with E-state index in [1.165, 1.54) is 12.1 Å². The van der Waals surface area contributed by atoms with Crippen LogP contribution in [0.2, 0.25) is 10.0 Å². The lowest BCUT2D eigenvalue weighted by atomic mass is 9.91. The highest BCUT2D eigenvalue weighted by molar-refractivity contribution is 6.32. The van der Waals surface area contributed by atoms with Gasteiger partial charge in [0.1, 0.15) is 11.5 Å². The molecule has 1 heterocycles. The van der Waals surface area contributed by atoms with Gasteiger partial charge in [-0.1, -0.05) is 35.3 Å². The standard InChI is InChI=1S/C16H16Cl2N2O2/c17-13-7-9(21)1-3-11(13)15-16(20-6-5-19-15)12-4-2-10(22)8-14(12)18/h1-4,7-8,15-16,19-22H,5-6H2/t15-,16+. The highest BCUT2D eigenvalue weighted by atomic mass is 35.5. The van der Waals surface area contributed by atoms with Crippen molar-refractivity contribution in [2.24, 2.45) is 0 Å². The van der Waals surface area contributed by atoms with E-state index >= 15 is 0 Å². The van der Waals surface area contributed by atoms with Gasteiger partial charge in [0.15, 0.2) is 0 Å². The second kappa shape index (κ2) is 6.34. The smallest absolute Gasteiger partial charge is 0.117 e. The predicted octanol–water partition coefficient (Wildman–Crippen LogP) is 3.38. The van der Waals surface area contributed by atoms with Crippen molar-refractivity contribution in [3.63, 3.8) is 0 Å². The molecule has 2 atom stereocenters. The zero-order valence-corrected chi connectivity index (χ0v) is 13.2. The number of phenolic OH excluding ortho intramolecular Hbond substituents is 2. The van der Waals surface area contributed by atoms with Crippen LogP contribution in [0.5, 0.6) is 11.5 Å². The molecule has 0 bridgehead atoms. The molecule has 2 aromatic carbocycles. The molecule has 0 amide bonds. The minimum Gasteiger partial charge on any atom is -0.508 e. The fraction of sp³-hybridized carbons (Fsp3) is 0.250. The second-order valence-electron chi connectivity index (χ2n) is 5.28. The van der Waals surface area contributed by atoms with Gasteiger partial charge in [-0.05, 0) is 35.4 Å². The maximum atomic E-state index is 9.52. The SMILES string of the molecule is Oc1ccc([C@H]2NCCN[C@H]2c2ccc(O)cc2Cl)c(Cl)c1. The van der Waals surface area contributed by atoms with Crippen molar-refractivity contribution in [1.29, 1.82) is 0 Å². The lowest BCUT2D eigenvalue weighted by Crippen LogP contribution is -2.45. The molecule has 0 aromatic heterocycles. The van der Waals surface area contributed by atoms with Gasteiger partial charge in [-0.25, -0.2) is 0 Å². The molecule has 2 aromatic rings. The van der Waals surface area contributed by atoms with Gasteiger partial charge in [0.05, 0.1) is 12.1 Å². The average molecular weight is 339 g/mol. The van der Waals surface area contributed by atoms with Crippen LogP contribution < -0.4 is 10.6 Å². The Morgan fingerprint density at radius 3 is 1.55 bits per heavy atom. The number of nitrogens with one attached hydrogen (secondary N) is 2. The minimum absolute atomic E-state index is 0.0797. The Balaban J connectivity index is 2.01. The summed E-state index contributed by atoms with van der Waals surface area (Å²) in [6.45, 7) is 1.60. The summed E-state index contributed by atoms with van der Waals surface area (Å²) in [6, 6.07) is 9.76. The Morgan fingerprint density at radius 2 is 1.18 bits per heavy atom. The van der Waals surface area contributed by atoms with E-state index < -0.39 is 0 Å². The Morgan fingerprint density at radius 1 is 0.773 bits per heavy atom. The van der Waals surface area contributed by atoms with E-state index in [0.29, 0.717) is 10.0 Å². The van der Waals surface area contributed by atoms with Crippen LogP contribution in [-0.2, 0) is 0 Å². The van der Waals surface area contributed by atoms with Gasteiger partial charge in [-0.15, -0.1) is 0 Å². The molecule has 3 rings (SSSR count). The largest absolute Gasteiger partial charge is 0.508 e. The number of piperazine rings is 1. The zero-order valence-electron chi connectivity index (χ0n) is 11.7. The zero-order chi connectivity index (χ0) is 15.7. The van der Waals surface area contributed by atoms with Crippen LogP contribution in [0, 0.1) is 0 Å². The molecule has 4 N–H and O–H groups in total. The topological polar surface area (TPSA) is 64.5 Å². The van der Waals surface area contributed by atoms with E-state index in [2.05, 4.69) is 10.6 Å². The number of phenols is 2. The lowest BCUT2D eigenvalue weighted by molar-refractivity contribution is 0.333. The summed E-state index contributed by atoms with van der Waals surface area (Å²) in [6.07, 6.45) is 0. The molecule has 0 aliphatic carbocycles. The van der Waals surface area contributed by atoms with Gasteiger partial charge in [0.2, 0.25) is 0 Å². The summed E-state index contributed by atoms with van der Waals surface area (Å²) in [5.74, 6) is 0.272. The number of rotatable bonds is 2. The molecule has 0 spiro atoms. The summed E-state index contributed by atoms with van der Waals surface area (Å²) in [5.41, 5.74) is 1.78. The van der Waals surface area contributed by atoms with Crippen molar-refractivity contribution in [1.82, 2.24) is 10.6 Å². The Hall–Kier alpha value is -1.46. The molecule has 4 nitrogen and oxygen atoms in total. The number of benzene rings is 2. The van der Waals surface area contributed by atoms with Crippen LogP contribution in [-0.4, -0.2) is 23.3 Å². The van der Waals surface area contributed by atoms with Crippen molar-refractivity contribution in [2.75, 3.05) is 13.1 Å². The van der Waals surface area contributed by atoms with Crippen molar-refractivity contribution in [3.8, 4) is 11.5 Å². The molecule has 6 heteroatoms. The molecule has 116 valence electrons. The monoisotopic (exact) mass is 338 g/mol. The minimum atomic E-state index is -0.0797. The number of hydrogen-bond acceptors (Lipinski definition) is 4. The third-order valence-corrected chi connectivity index (χ3v) is 4.48. The molecule has 0 radical (unpaired) electrons. The fourth-order valence-corrected chi connectivity index (χ4v) is 3.39. The van der Waals surface area contributed by atoms with E-state index in [1.54, 1.807) is 12.1 Å². The summed E-state index contributed by atoms with van der Waals surface area (Å²) < 4.78 is 0. The molecule has 22 heavy (non-hydrogen) atoms. The van der Waals surface area contributed by atoms with Crippen molar-refractivity contribution in [3.05, 3.63) is 57.6 Å². The average Bonchev–Trinajstić information content (AvgIpc) is 2.48. The number of hydrogen-bond donors (Lipinski definition) is 4. The van der Waals surface area contributed by atoms with Gasteiger partial charge < -0.3 is 20.8 Å². The number of aromatic hydroxyl groups is 2. The first-order valence-electron chi connectivity index (χ1n) is 7.00. The van der Waals surface area contributed by atoms with Gasteiger partial charge >= 0.3 is 0 Å². The van der Waals surface area contributed by atoms with Crippen LogP contribution in [0.15, 0.2) is 36.4 Å². The third-order valence-electron chi connectivity index (χ3n) is 3.83. The van der Waals surface area contributed by atoms with Gasteiger partial charge in [0.25, 0.3) is 0 Å². The van der Waals surface area contributed by atoms with E-state index in [9.17, 15) is 10.2 Å². The van der Waals surface area contributed by atoms with Gasteiger partial charge in [0, 0.05) is 23.1 Å². The lowest BCUT2D eigenvalue weighted by Gasteiger charge is -2.35. The molecule has 1 aliphatic heterocycles. The van der Waals surface area contributed by atoms with Crippen LogP contribution in [0.3, 0.4) is 0 Å². The summed E-state index contributed by atoms with van der Waals surface area (Å²) >= 11 is 12.6. The summed E-state index contributed by atoms with van der Waals surface area (Å²) in [7, 11) is 0. The van der Waals surface area contributed by atoms with Crippen molar-refractivity contribution < 1.29 is 10.2 Å². The second-order valence-corrected chi connectivity index (χ2v) is 6.09. The van der Waals surface area contributed by atoms with Crippen molar-refractivity contribution in [2.45, 2.75) is 12.1 Å². The first-order chi connectivity index (χ1) is 10.6.